The number of nitrogens with zero attached hydrogens (tertiary/aromatic N) is 4. The van der Waals surface area contributed by atoms with Gasteiger partial charge in [0.05, 0.1) is 6.54 Å². The summed E-state index contributed by atoms with van der Waals surface area (Å²) in [5, 5.41) is 12.5. The Morgan fingerprint density at radius 3 is 2.67 bits per heavy atom. The highest BCUT2D eigenvalue weighted by Crippen LogP contribution is 2.16. The molecule has 21 heavy (non-hydrogen) atoms. The lowest BCUT2D eigenvalue weighted by Gasteiger charge is -2.13. The SMILES string of the molecule is COC(Cn1nnnc1SCCCc1ccccc1)OC. The molecule has 1 aromatic heterocycles. The third-order valence-corrected chi connectivity index (χ3v) is 4.07. The molecular weight excluding hydrogens is 288 g/mol. The Morgan fingerprint density at radius 1 is 1.19 bits per heavy atom. The predicted octanol–water partition coefficient (Wildman–Crippen LogP) is 2.02. The summed E-state index contributed by atoms with van der Waals surface area (Å²) >= 11 is 1.65. The van der Waals surface area contributed by atoms with Crippen LogP contribution in [-0.2, 0) is 22.4 Å². The van der Waals surface area contributed by atoms with Crippen molar-refractivity contribution in [2.75, 3.05) is 20.0 Å². The van der Waals surface area contributed by atoms with Crippen LogP contribution in [0.15, 0.2) is 35.5 Å². The molecule has 0 fully saturated rings. The molecular formula is C14H20N4O2S. The first-order valence-corrected chi connectivity index (χ1v) is 7.80. The number of methoxy groups -OCH3 is 2. The average Bonchev–Trinajstić information content (AvgIpc) is 2.97. The molecule has 0 atom stereocenters. The Labute approximate surface area is 128 Å². The molecule has 1 heterocycles. The number of rotatable bonds is 9. The van der Waals surface area contributed by atoms with Crippen LogP contribution in [0.3, 0.4) is 0 Å². The minimum atomic E-state index is -0.336. The highest BCUT2D eigenvalue weighted by molar-refractivity contribution is 7.99. The fraction of sp³-hybridized carbons (Fsp3) is 0.500. The lowest BCUT2D eigenvalue weighted by atomic mass is 10.1. The molecule has 0 N–H and O–H groups in total. The number of benzene rings is 1. The topological polar surface area (TPSA) is 62.1 Å². The van der Waals surface area contributed by atoms with Crippen molar-refractivity contribution in [3.63, 3.8) is 0 Å². The van der Waals surface area contributed by atoms with Crippen LogP contribution in [0.2, 0.25) is 0 Å². The molecule has 0 saturated carbocycles. The van der Waals surface area contributed by atoms with E-state index >= 15 is 0 Å². The maximum Gasteiger partial charge on any atom is 0.209 e. The first kappa shape index (κ1) is 15.9. The van der Waals surface area contributed by atoms with Crippen LogP contribution in [0.4, 0.5) is 0 Å². The van der Waals surface area contributed by atoms with Crippen molar-refractivity contribution in [3.05, 3.63) is 35.9 Å². The van der Waals surface area contributed by atoms with E-state index in [2.05, 4.69) is 39.8 Å². The number of ether oxygens (including phenoxy) is 2. The zero-order valence-corrected chi connectivity index (χ0v) is 13.1. The van der Waals surface area contributed by atoms with Crippen LogP contribution in [-0.4, -0.2) is 46.5 Å². The van der Waals surface area contributed by atoms with E-state index in [1.54, 1.807) is 30.7 Å². The fourth-order valence-corrected chi connectivity index (χ4v) is 2.71. The van der Waals surface area contributed by atoms with E-state index in [1.165, 1.54) is 5.56 Å². The highest BCUT2D eigenvalue weighted by atomic mass is 32.2. The van der Waals surface area contributed by atoms with E-state index in [0.717, 1.165) is 23.8 Å². The second-order valence-corrected chi connectivity index (χ2v) is 5.54. The number of aromatic nitrogens is 4. The quantitative estimate of drug-likeness (QED) is 0.401. The fourth-order valence-electron chi connectivity index (χ4n) is 1.89. The Balaban J connectivity index is 1.77. The van der Waals surface area contributed by atoms with Crippen LogP contribution in [0, 0.1) is 0 Å². The van der Waals surface area contributed by atoms with Crippen molar-refractivity contribution in [3.8, 4) is 0 Å². The first-order valence-electron chi connectivity index (χ1n) is 6.82. The summed E-state index contributed by atoms with van der Waals surface area (Å²) < 4.78 is 12.0. The van der Waals surface area contributed by atoms with Crippen molar-refractivity contribution in [2.45, 2.75) is 30.8 Å². The summed E-state index contributed by atoms with van der Waals surface area (Å²) in [6.07, 6.45) is 1.81. The average molecular weight is 308 g/mol. The van der Waals surface area contributed by atoms with Gasteiger partial charge in [0.15, 0.2) is 6.29 Å². The van der Waals surface area contributed by atoms with E-state index in [-0.39, 0.29) is 6.29 Å². The Hall–Kier alpha value is -1.44. The molecule has 0 amide bonds. The third-order valence-electron chi connectivity index (χ3n) is 3.03. The summed E-state index contributed by atoms with van der Waals surface area (Å²) in [6, 6.07) is 10.5. The van der Waals surface area contributed by atoms with Gasteiger partial charge in [0.1, 0.15) is 0 Å². The predicted molar refractivity (Wildman–Crippen MR) is 81.1 cm³/mol. The summed E-state index contributed by atoms with van der Waals surface area (Å²) in [6.45, 7) is 0.487. The van der Waals surface area contributed by atoms with Crippen molar-refractivity contribution < 1.29 is 9.47 Å². The second-order valence-electron chi connectivity index (χ2n) is 4.48. The van der Waals surface area contributed by atoms with E-state index in [0.29, 0.717) is 6.54 Å². The van der Waals surface area contributed by atoms with Crippen molar-refractivity contribution >= 4 is 11.8 Å². The van der Waals surface area contributed by atoms with E-state index in [9.17, 15) is 0 Å². The number of thioether (sulfide) groups is 1. The Morgan fingerprint density at radius 2 is 1.95 bits per heavy atom. The molecule has 0 bridgehead atoms. The third kappa shape index (κ3) is 5.11. The first-order chi connectivity index (χ1) is 10.3. The number of hydrogen-bond donors (Lipinski definition) is 0. The highest BCUT2D eigenvalue weighted by Gasteiger charge is 2.12. The normalized spacial score (nSPS) is 11.2. The Bertz CT molecular complexity index is 517. The maximum absolute atomic E-state index is 5.16. The van der Waals surface area contributed by atoms with Crippen LogP contribution >= 0.6 is 11.8 Å². The van der Waals surface area contributed by atoms with Crippen LogP contribution in [0.1, 0.15) is 12.0 Å². The molecule has 0 unspecified atom stereocenters. The van der Waals surface area contributed by atoms with Gasteiger partial charge in [0.2, 0.25) is 5.16 Å². The molecule has 0 aliphatic heterocycles. The largest absolute Gasteiger partial charge is 0.354 e. The summed E-state index contributed by atoms with van der Waals surface area (Å²) in [5.74, 6) is 0.972. The number of tetrazole rings is 1. The van der Waals surface area contributed by atoms with E-state index in [4.69, 9.17) is 9.47 Å². The zero-order valence-electron chi connectivity index (χ0n) is 12.3. The van der Waals surface area contributed by atoms with Gasteiger partial charge in [-0.15, -0.1) is 5.10 Å². The van der Waals surface area contributed by atoms with Gasteiger partial charge in [-0.3, -0.25) is 0 Å². The van der Waals surface area contributed by atoms with Gasteiger partial charge in [-0.25, -0.2) is 4.68 Å². The minimum absolute atomic E-state index is 0.336. The number of hydrogen-bond acceptors (Lipinski definition) is 6. The monoisotopic (exact) mass is 308 g/mol. The zero-order chi connectivity index (χ0) is 14.9. The van der Waals surface area contributed by atoms with Crippen molar-refractivity contribution in [1.82, 2.24) is 20.2 Å². The summed E-state index contributed by atoms with van der Waals surface area (Å²) in [5.41, 5.74) is 1.36. The standard InChI is InChI=1S/C14H20N4O2S/c1-19-13(20-2)11-18-14(15-16-17-18)21-10-6-9-12-7-4-3-5-8-12/h3-5,7-8,13H,6,9-11H2,1-2H3. The number of aryl methyl sites for hydroxylation is 1. The molecule has 1 aromatic carbocycles. The molecule has 0 aliphatic rings. The minimum Gasteiger partial charge on any atom is -0.354 e. The smallest absolute Gasteiger partial charge is 0.209 e. The molecule has 0 radical (unpaired) electrons. The van der Waals surface area contributed by atoms with E-state index in [1.807, 2.05) is 6.07 Å². The van der Waals surface area contributed by atoms with Gasteiger partial charge < -0.3 is 9.47 Å². The second kappa shape index (κ2) is 8.76. The van der Waals surface area contributed by atoms with Gasteiger partial charge in [0, 0.05) is 20.0 Å². The lowest BCUT2D eigenvalue weighted by molar-refractivity contribution is -0.113. The summed E-state index contributed by atoms with van der Waals surface area (Å²) in [4.78, 5) is 0. The molecule has 0 aliphatic carbocycles. The van der Waals surface area contributed by atoms with Crippen molar-refractivity contribution in [2.24, 2.45) is 0 Å². The maximum atomic E-state index is 5.16. The molecule has 2 rings (SSSR count). The molecule has 114 valence electrons. The van der Waals surface area contributed by atoms with Crippen LogP contribution < -0.4 is 0 Å². The van der Waals surface area contributed by atoms with Gasteiger partial charge >= 0.3 is 0 Å². The Kier molecular flexibility index (Phi) is 6.65. The van der Waals surface area contributed by atoms with Gasteiger partial charge in [-0.2, -0.15) is 0 Å². The molecule has 0 saturated heterocycles. The lowest BCUT2D eigenvalue weighted by Crippen LogP contribution is -2.21. The van der Waals surface area contributed by atoms with E-state index < -0.39 is 0 Å². The molecule has 7 heteroatoms. The van der Waals surface area contributed by atoms with Crippen LogP contribution in [0.25, 0.3) is 0 Å². The summed E-state index contributed by atoms with van der Waals surface area (Å²) in [7, 11) is 3.20. The molecule has 2 aromatic rings. The molecule has 0 spiro atoms. The van der Waals surface area contributed by atoms with Gasteiger partial charge in [-0.05, 0) is 28.8 Å². The van der Waals surface area contributed by atoms with Gasteiger partial charge in [-0.1, -0.05) is 42.1 Å². The van der Waals surface area contributed by atoms with Gasteiger partial charge in [0.25, 0.3) is 0 Å². The molecule has 6 nitrogen and oxygen atoms in total. The van der Waals surface area contributed by atoms with Crippen molar-refractivity contribution in [1.29, 1.82) is 0 Å². The van der Waals surface area contributed by atoms with Crippen LogP contribution in [0.5, 0.6) is 0 Å².